The lowest BCUT2D eigenvalue weighted by molar-refractivity contribution is -0.167. The van der Waals surface area contributed by atoms with E-state index in [4.69, 9.17) is 14.2 Å². The topological polar surface area (TPSA) is 78.9 Å². The first-order chi connectivity index (χ1) is 40.5. The van der Waals surface area contributed by atoms with Gasteiger partial charge < -0.3 is 14.2 Å². The van der Waals surface area contributed by atoms with Gasteiger partial charge in [0, 0.05) is 19.3 Å². The van der Waals surface area contributed by atoms with E-state index >= 15 is 0 Å². The molecule has 0 radical (unpaired) electrons. The standard InChI is InChI=1S/C76H128O6/c1-4-7-10-13-16-19-22-25-28-31-34-36-38-40-42-45-48-51-54-57-60-63-66-69-75(78)81-72-73(71-80-74(77)68-65-62-59-56-53-50-47-44-33-30-27-24-21-18-15-12-9-6-3)82-76(79)70-67-64-61-58-55-52-49-46-43-41-39-37-35-32-29-26-23-20-17-14-11-8-5-2/h7-8,10-11,16-17,19-20,25-26,28-29,34-37,40,42,48,51,73H,4-6,9,12-15,18,21-24,27,30-33,38-39,41,43-47,49-50,52-72H2,1-3H3/b10-7-,11-8-,19-16-,20-17-,28-25-,29-26-,36-34-,37-35-,42-40-,51-48-. The molecule has 0 aliphatic rings. The highest BCUT2D eigenvalue weighted by molar-refractivity contribution is 5.71. The molecule has 0 heterocycles. The number of carbonyl (C=O) groups excluding carboxylic acids is 3. The van der Waals surface area contributed by atoms with Crippen molar-refractivity contribution in [1.29, 1.82) is 0 Å². The van der Waals surface area contributed by atoms with E-state index < -0.39 is 6.10 Å². The van der Waals surface area contributed by atoms with Gasteiger partial charge in [-0.25, -0.2) is 0 Å². The van der Waals surface area contributed by atoms with Gasteiger partial charge in [0.2, 0.25) is 0 Å². The quantitative estimate of drug-likeness (QED) is 0.0261. The number of hydrogen-bond donors (Lipinski definition) is 0. The van der Waals surface area contributed by atoms with E-state index in [1.54, 1.807) is 0 Å². The molecular formula is C76H128O6. The fraction of sp³-hybridized carbons (Fsp3) is 0.697. The number of unbranched alkanes of at least 4 members (excludes halogenated alkanes) is 31. The summed E-state index contributed by atoms with van der Waals surface area (Å²) in [7, 11) is 0. The van der Waals surface area contributed by atoms with Crippen LogP contribution < -0.4 is 0 Å². The maximum Gasteiger partial charge on any atom is 0.306 e. The average molecular weight is 1140 g/mol. The Morgan fingerprint density at radius 3 is 0.744 bits per heavy atom. The summed E-state index contributed by atoms with van der Waals surface area (Å²) in [6.07, 6.45) is 96.3. The van der Waals surface area contributed by atoms with Gasteiger partial charge in [-0.05, 0) is 109 Å². The van der Waals surface area contributed by atoms with Crippen LogP contribution >= 0.6 is 0 Å². The van der Waals surface area contributed by atoms with Crippen LogP contribution in [0.1, 0.15) is 323 Å². The number of carbonyl (C=O) groups is 3. The first-order valence-corrected chi connectivity index (χ1v) is 34.5. The van der Waals surface area contributed by atoms with Crippen LogP contribution in [0.5, 0.6) is 0 Å². The van der Waals surface area contributed by atoms with Crippen molar-refractivity contribution in [3.05, 3.63) is 122 Å². The Hall–Kier alpha value is -4.19. The molecule has 0 rings (SSSR count). The molecule has 0 spiro atoms. The Morgan fingerprint density at radius 1 is 0.256 bits per heavy atom. The Bertz CT molecular complexity index is 1690. The summed E-state index contributed by atoms with van der Waals surface area (Å²) < 4.78 is 17.0. The summed E-state index contributed by atoms with van der Waals surface area (Å²) in [5.41, 5.74) is 0. The lowest BCUT2D eigenvalue weighted by atomic mass is 10.0. The number of hydrogen-bond acceptors (Lipinski definition) is 6. The molecule has 0 amide bonds. The second kappa shape index (κ2) is 69.3. The third-order valence-corrected chi connectivity index (χ3v) is 14.7. The van der Waals surface area contributed by atoms with E-state index in [0.717, 1.165) is 135 Å². The van der Waals surface area contributed by atoms with Gasteiger partial charge in [-0.2, -0.15) is 0 Å². The SMILES string of the molecule is CC/C=C\C/C=C\C/C=C\C/C=C\C/C=C\C/C=C\CCCCCCC(=O)OCC(COC(=O)CCCCCCCCCCCCCCCCCCCC)OC(=O)CCCCCCCCCCCC/C=C\C/C=C\C/C=C\C/C=C\CC. The zero-order valence-corrected chi connectivity index (χ0v) is 53.7. The maximum absolute atomic E-state index is 13.0. The second-order valence-electron chi connectivity index (χ2n) is 22.7. The summed E-state index contributed by atoms with van der Waals surface area (Å²) in [6, 6.07) is 0. The second-order valence-corrected chi connectivity index (χ2v) is 22.7. The van der Waals surface area contributed by atoms with Gasteiger partial charge in [0.1, 0.15) is 13.2 Å². The Balaban J connectivity index is 4.44. The van der Waals surface area contributed by atoms with Crippen LogP contribution in [-0.4, -0.2) is 37.2 Å². The zero-order chi connectivity index (χ0) is 59.2. The average Bonchev–Trinajstić information content (AvgIpc) is 3.47. The summed E-state index contributed by atoms with van der Waals surface area (Å²) in [6.45, 7) is 6.43. The van der Waals surface area contributed by atoms with E-state index in [1.807, 2.05) is 0 Å². The molecule has 6 nitrogen and oxygen atoms in total. The molecule has 0 aliphatic heterocycles. The Morgan fingerprint density at radius 2 is 0.476 bits per heavy atom. The van der Waals surface area contributed by atoms with Crippen LogP contribution in [0.3, 0.4) is 0 Å². The molecule has 0 aliphatic carbocycles. The molecule has 1 atom stereocenters. The van der Waals surface area contributed by atoms with Gasteiger partial charge in [-0.3, -0.25) is 14.4 Å². The van der Waals surface area contributed by atoms with Crippen molar-refractivity contribution >= 4 is 17.9 Å². The first kappa shape index (κ1) is 77.8. The summed E-state index contributed by atoms with van der Waals surface area (Å²) in [4.78, 5) is 38.5. The number of rotatable bonds is 62. The van der Waals surface area contributed by atoms with Crippen LogP contribution in [0, 0.1) is 0 Å². The van der Waals surface area contributed by atoms with Gasteiger partial charge in [-0.15, -0.1) is 0 Å². The fourth-order valence-electron chi connectivity index (χ4n) is 9.62. The number of allylic oxidation sites excluding steroid dienone is 20. The predicted octanol–water partition coefficient (Wildman–Crippen LogP) is 23.9. The molecule has 0 aromatic carbocycles. The van der Waals surface area contributed by atoms with Crippen molar-refractivity contribution < 1.29 is 28.6 Å². The summed E-state index contributed by atoms with van der Waals surface area (Å²) in [5.74, 6) is -0.905. The molecule has 0 saturated heterocycles. The third-order valence-electron chi connectivity index (χ3n) is 14.7. The van der Waals surface area contributed by atoms with Crippen molar-refractivity contribution in [3.8, 4) is 0 Å². The molecule has 0 N–H and O–H groups in total. The summed E-state index contributed by atoms with van der Waals surface area (Å²) >= 11 is 0. The minimum absolute atomic E-state index is 0.0874. The van der Waals surface area contributed by atoms with Crippen LogP contribution in [-0.2, 0) is 28.6 Å². The van der Waals surface area contributed by atoms with Gasteiger partial charge in [0.25, 0.3) is 0 Å². The molecule has 0 fully saturated rings. The smallest absolute Gasteiger partial charge is 0.306 e. The highest BCUT2D eigenvalue weighted by Gasteiger charge is 2.19. The molecule has 6 heteroatoms. The summed E-state index contributed by atoms with van der Waals surface area (Å²) in [5, 5.41) is 0. The molecule has 0 aromatic rings. The maximum atomic E-state index is 13.0. The van der Waals surface area contributed by atoms with Crippen LogP contribution in [0.25, 0.3) is 0 Å². The molecule has 0 bridgehead atoms. The van der Waals surface area contributed by atoms with E-state index in [1.165, 1.54) is 148 Å². The highest BCUT2D eigenvalue weighted by Crippen LogP contribution is 2.17. The normalized spacial score (nSPS) is 12.9. The number of esters is 3. The predicted molar refractivity (Wildman–Crippen MR) is 357 cm³/mol. The van der Waals surface area contributed by atoms with Gasteiger partial charge >= 0.3 is 17.9 Å². The molecular weight excluding hydrogens is 1010 g/mol. The van der Waals surface area contributed by atoms with E-state index in [2.05, 4.69) is 142 Å². The van der Waals surface area contributed by atoms with Crippen molar-refractivity contribution in [2.45, 2.75) is 329 Å². The van der Waals surface area contributed by atoms with E-state index in [-0.39, 0.29) is 31.1 Å². The Labute approximate surface area is 507 Å². The van der Waals surface area contributed by atoms with Crippen LogP contribution in [0.15, 0.2) is 122 Å². The van der Waals surface area contributed by atoms with Crippen LogP contribution in [0.2, 0.25) is 0 Å². The zero-order valence-electron chi connectivity index (χ0n) is 53.7. The van der Waals surface area contributed by atoms with Crippen molar-refractivity contribution in [1.82, 2.24) is 0 Å². The largest absolute Gasteiger partial charge is 0.462 e. The van der Waals surface area contributed by atoms with Crippen molar-refractivity contribution in [3.63, 3.8) is 0 Å². The van der Waals surface area contributed by atoms with Gasteiger partial charge in [0.15, 0.2) is 6.10 Å². The molecule has 468 valence electrons. The molecule has 0 saturated carbocycles. The molecule has 0 aromatic heterocycles. The van der Waals surface area contributed by atoms with E-state index in [9.17, 15) is 14.4 Å². The lowest BCUT2D eigenvalue weighted by Crippen LogP contribution is -2.30. The fourth-order valence-corrected chi connectivity index (χ4v) is 9.62. The minimum Gasteiger partial charge on any atom is -0.462 e. The Kier molecular flexibility index (Phi) is 65.8. The number of ether oxygens (including phenoxy) is 3. The first-order valence-electron chi connectivity index (χ1n) is 34.5. The lowest BCUT2D eigenvalue weighted by Gasteiger charge is -2.18. The van der Waals surface area contributed by atoms with Crippen molar-refractivity contribution in [2.24, 2.45) is 0 Å². The van der Waals surface area contributed by atoms with Gasteiger partial charge in [-0.1, -0.05) is 316 Å². The highest BCUT2D eigenvalue weighted by atomic mass is 16.6. The monoisotopic (exact) mass is 1140 g/mol. The molecule has 82 heavy (non-hydrogen) atoms. The van der Waals surface area contributed by atoms with Crippen LogP contribution in [0.4, 0.5) is 0 Å². The minimum atomic E-state index is -0.795. The van der Waals surface area contributed by atoms with Crippen molar-refractivity contribution in [2.75, 3.05) is 13.2 Å². The molecule has 1 unspecified atom stereocenters. The van der Waals surface area contributed by atoms with Gasteiger partial charge in [0.05, 0.1) is 0 Å². The third kappa shape index (κ3) is 66.6. The van der Waals surface area contributed by atoms with E-state index in [0.29, 0.717) is 19.3 Å².